The fourth-order valence-corrected chi connectivity index (χ4v) is 3.04. The van der Waals surface area contributed by atoms with Crippen LogP contribution in [0.15, 0.2) is 12.1 Å². The van der Waals surface area contributed by atoms with Crippen LogP contribution in [0.3, 0.4) is 0 Å². The highest BCUT2D eigenvalue weighted by Gasteiger charge is 2.41. The third-order valence-corrected chi connectivity index (χ3v) is 4.51. The van der Waals surface area contributed by atoms with Gasteiger partial charge in [-0.25, -0.2) is 0 Å². The average molecular weight is 285 g/mol. The third kappa shape index (κ3) is 2.49. The summed E-state index contributed by atoms with van der Waals surface area (Å²) < 4.78 is 1.89. The molecule has 0 saturated heterocycles. The van der Waals surface area contributed by atoms with Crippen molar-refractivity contribution in [2.24, 2.45) is 11.8 Å². The molecular weight excluding hydrogens is 262 g/mol. The predicted molar refractivity (Wildman–Crippen MR) is 82.3 cm³/mol. The first-order valence-electron chi connectivity index (χ1n) is 8.02. The van der Waals surface area contributed by atoms with Gasteiger partial charge in [0.25, 0.3) is 0 Å². The van der Waals surface area contributed by atoms with E-state index in [4.69, 9.17) is 5.10 Å². The molecule has 0 amide bonds. The summed E-state index contributed by atoms with van der Waals surface area (Å²) in [6.07, 6.45) is 5.49. The Morgan fingerprint density at radius 2 is 1.76 bits per heavy atom. The van der Waals surface area contributed by atoms with Crippen LogP contribution in [0.4, 0.5) is 5.82 Å². The summed E-state index contributed by atoms with van der Waals surface area (Å²) in [6, 6.07) is 4.66. The van der Waals surface area contributed by atoms with Crippen molar-refractivity contribution in [2.75, 3.05) is 5.32 Å². The Bertz CT molecular complexity index is 649. The molecule has 5 nitrogen and oxygen atoms in total. The number of aromatic nitrogens is 4. The topological polar surface area (TPSA) is 55.1 Å². The van der Waals surface area contributed by atoms with Crippen molar-refractivity contribution < 1.29 is 0 Å². The first kappa shape index (κ1) is 13.0. The van der Waals surface area contributed by atoms with Crippen LogP contribution < -0.4 is 5.32 Å². The van der Waals surface area contributed by atoms with Gasteiger partial charge in [0.1, 0.15) is 5.82 Å². The maximum atomic E-state index is 4.74. The minimum absolute atomic E-state index is 0.0581. The molecule has 2 saturated carbocycles. The Balaban J connectivity index is 1.66. The van der Waals surface area contributed by atoms with Gasteiger partial charge in [-0.05, 0) is 49.7 Å². The zero-order chi connectivity index (χ0) is 14.6. The average Bonchev–Trinajstić information content (AvgIpc) is 3.31. The van der Waals surface area contributed by atoms with Crippen molar-refractivity contribution in [3.63, 3.8) is 0 Å². The maximum Gasteiger partial charge on any atom is 0.178 e. The van der Waals surface area contributed by atoms with Gasteiger partial charge in [0.15, 0.2) is 11.5 Å². The minimum atomic E-state index is -0.0581. The van der Waals surface area contributed by atoms with Crippen LogP contribution in [0.1, 0.15) is 52.3 Å². The maximum absolute atomic E-state index is 4.74. The van der Waals surface area contributed by atoms with Gasteiger partial charge in [-0.1, -0.05) is 20.8 Å². The Labute approximate surface area is 125 Å². The summed E-state index contributed by atoms with van der Waals surface area (Å²) >= 11 is 0. The van der Waals surface area contributed by atoms with Crippen LogP contribution in [-0.4, -0.2) is 25.9 Å². The lowest BCUT2D eigenvalue weighted by atomic mass is 9.96. The summed E-state index contributed by atoms with van der Waals surface area (Å²) in [5.74, 6) is 3.59. The molecule has 0 radical (unpaired) electrons. The van der Waals surface area contributed by atoms with E-state index in [9.17, 15) is 0 Å². The van der Waals surface area contributed by atoms with E-state index < -0.39 is 0 Å². The molecule has 0 unspecified atom stereocenters. The molecule has 2 aromatic rings. The quantitative estimate of drug-likeness (QED) is 0.938. The number of fused-ring (bicyclic) bond motifs is 1. The van der Waals surface area contributed by atoms with E-state index in [2.05, 4.69) is 36.3 Å². The van der Waals surface area contributed by atoms with Crippen molar-refractivity contribution in [1.29, 1.82) is 0 Å². The molecule has 0 bridgehead atoms. The summed E-state index contributed by atoms with van der Waals surface area (Å²) in [5, 5.41) is 16.9. The number of rotatable bonds is 4. The highest BCUT2D eigenvalue weighted by molar-refractivity contribution is 5.45. The van der Waals surface area contributed by atoms with E-state index in [0.717, 1.165) is 29.1 Å². The fraction of sp³-hybridized carbons (Fsp3) is 0.688. The Hall–Kier alpha value is -1.65. The van der Waals surface area contributed by atoms with Crippen LogP contribution in [0, 0.1) is 11.8 Å². The van der Waals surface area contributed by atoms with Crippen LogP contribution in [0.5, 0.6) is 0 Å². The zero-order valence-electron chi connectivity index (χ0n) is 13.0. The minimum Gasteiger partial charge on any atom is -0.365 e. The second-order valence-corrected chi connectivity index (χ2v) is 7.61. The lowest BCUT2D eigenvalue weighted by Gasteiger charge is -2.19. The Kier molecular flexibility index (Phi) is 2.75. The van der Waals surface area contributed by atoms with Crippen LogP contribution in [0.25, 0.3) is 5.65 Å². The second kappa shape index (κ2) is 4.42. The van der Waals surface area contributed by atoms with E-state index in [1.54, 1.807) is 0 Å². The van der Waals surface area contributed by atoms with Crippen molar-refractivity contribution in [1.82, 2.24) is 19.8 Å². The molecule has 4 rings (SSSR count). The normalized spacial score (nSPS) is 19.4. The van der Waals surface area contributed by atoms with Crippen LogP contribution in [-0.2, 0) is 5.41 Å². The van der Waals surface area contributed by atoms with Gasteiger partial charge in [0, 0.05) is 11.5 Å². The molecule has 2 aliphatic carbocycles. The lowest BCUT2D eigenvalue weighted by molar-refractivity contribution is 0.525. The van der Waals surface area contributed by atoms with Gasteiger partial charge < -0.3 is 5.32 Å². The van der Waals surface area contributed by atoms with E-state index in [1.165, 1.54) is 25.7 Å². The molecule has 2 aromatic heterocycles. The van der Waals surface area contributed by atoms with Gasteiger partial charge in [-0.3, -0.25) is 0 Å². The predicted octanol–water partition coefficient (Wildman–Crippen LogP) is 3.02. The highest BCUT2D eigenvalue weighted by atomic mass is 15.4. The Morgan fingerprint density at radius 1 is 1.10 bits per heavy atom. The molecule has 21 heavy (non-hydrogen) atoms. The van der Waals surface area contributed by atoms with Crippen LogP contribution >= 0.6 is 0 Å². The summed E-state index contributed by atoms with van der Waals surface area (Å²) in [7, 11) is 0. The summed E-state index contributed by atoms with van der Waals surface area (Å²) in [6.45, 7) is 6.42. The molecule has 2 fully saturated rings. The van der Waals surface area contributed by atoms with Crippen molar-refractivity contribution in [2.45, 2.75) is 57.9 Å². The number of nitrogens with zero attached hydrogens (tertiary/aromatic N) is 4. The van der Waals surface area contributed by atoms with Crippen molar-refractivity contribution in [3.8, 4) is 0 Å². The van der Waals surface area contributed by atoms with Crippen molar-refractivity contribution >= 4 is 11.5 Å². The molecule has 2 heterocycles. The van der Waals surface area contributed by atoms with Gasteiger partial charge in [0.2, 0.25) is 0 Å². The molecule has 0 aromatic carbocycles. The van der Waals surface area contributed by atoms with Crippen molar-refractivity contribution in [3.05, 3.63) is 18.0 Å². The monoisotopic (exact) mass is 285 g/mol. The molecule has 2 aliphatic rings. The fourth-order valence-electron chi connectivity index (χ4n) is 3.04. The van der Waals surface area contributed by atoms with E-state index >= 15 is 0 Å². The molecular formula is C16H23N5. The molecule has 5 heteroatoms. The standard InChI is InChI=1S/C16H23N5/c1-16(2,3)15-19-18-13-9-8-12(20-21(13)15)17-14(10-4-5-10)11-6-7-11/h8-11,14H,4-7H2,1-3H3,(H,17,20). The first-order chi connectivity index (χ1) is 10.0. The first-order valence-corrected chi connectivity index (χ1v) is 8.02. The summed E-state index contributed by atoms with van der Waals surface area (Å²) in [5.41, 5.74) is 0.761. The number of hydrogen-bond donors (Lipinski definition) is 1. The second-order valence-electron chi connectivity index (χ2n) is 7.61. The number of hydrogen-bond acceptors (Lipinski definition) is 4. The Morgan fingerprint density at radius 3 is 2.33 bits per heavy atom. The zero-order valence-corrected chi connectivity index (χ0v) is 13.0. The van der Waals surface area contributed by atoms with E-state index in [-0.39, 0.29) is 5.41 Å². The molecule has 1 N–H and O–H groups in total. The smallest absolute Gasteiger partial charge is 0.178 e. The molecule has 0 atom stereocenters. The van der Waals surface area contributed by atoms with Crippen LogP contribution in [0.2, 0.25) is 0 Å². The van der Waals surface area contributed by atoms with Gasteiger partial charge >= 0.3 is 0 Å². The third-order valence-electron chi connectivity index (χ3n) is 4.51. The van der Waals surface area contributed by atoms with Gasteiger partial charge in [-0.2, -0.15) is 4.52 Å². The SMILES string of the molecule is CC(C)(C)c1nnc2ccc(NC(C3CC3)C3CC3)nn12. The number of nitrogens with one attached hydrogen (secondary N) is 1. The van der Waals surface area contributed by atoms with Gasteiger partial charge in [0.05, 0.1) is 0 Å². The number of anilines is 1. The summed E-state index contributed by atoms with van der Waals surface area (Å²) in [4.78, 5) is 0. The highest BCUT2D eigenvalue weighted by Crippen LogP contribution is 2.45. The lowest BCUT2D eigenvalue weighted by Crippen LogP contribution is -2.25. The van der Waals surface area contributed by atoms with E-state index in [1.807, 2.05) is 16.6 Å². The molecule has 0 spiro atoms. The molecule has 0 aliphatic heterocycles. The largest absolute Gasteiger partial charge is 0.365 e. The van der Waals surface area contributed by atoms with E-state index in [0.29, 0.717) is 6.04 Å². The molecule has 112 valence electrons. The van der Waals surface area contributed by atoms with Gasteiger partial charge in [-0.15, -0.1) is 15.3 Å².